The molecule has 8 amide bonds. The molecule has 35 nitrogen and oxygen atoms in total. The first-order chi connectivity index (χ1) is 51.4. The summed E-state index contributed by atoms with van der Waals surface area (Å²) in [6, 6.07) is 4.79. The minimum absolute atomic E-state index is 0.00980. The lowest BCUT2D eigenvalue weighted by Gasteiger charge is -2.37. The van der Waals surface area contributed by atoms with E-state index in [9.17, 15) is 53.1 Å². The molecule has 108 heavy (non-hydrogen) atoms. The predicted molar refractivity (Wildman–Crippen MR) is 396 cm³/mol. The Labute approximate surface area is 637 Å². The van der Waals surface area contributed by atoms with E-state index in [0.29, 0.717) is 45.1 Å². The van der Waals surface area contributed by atoms with Crippen LogP contribution >= 0.6 is 0 Å². The summed E-state index contributed by atoms with van der Waals surface area (Å²) in [6.45, 7) is 19.6. The molecule has 13 N–H and O–H groups in total. The third-order valence-electron chi connectivity index (χ3n) is 17.7. The van der Waals surface area contributed by atoms with Crippen LogP contribution in [0.25, 0.3) is 0 Å². The van der Waals surface area contributed by atoms with Gasteiger partial charge < -0.3 is 125 Å². The van der Waals surface area contributed by atoms with Crippen molar-refractivity contribution in [2.45, 2.75) is 232 Å². The van der Waals surface area contributed by atoms with E-state index in [0.717, 1.165) is 5.56 Å². The molecule has 0 saturated carbocycles. The average Bonchev–Trinajstić information content (AvgIpc) is 1.60. The van der Waals surface area contributed by atoms with E-state index in [4.69, 9.17) is 72.5 Å². The van der Waals surface area contributed by atoms with E-state index in [-0.39, 0.29) is 146 Å². The summed E-state index contributed by atoms with van der Waals surface area (Å²) >= 11 is 0. The first-order valence-electron chi connectivity index (χ1n) is 37.1. The summed E-state index contributed by atoms with van der Waals surface area (Å²) in [7, 11) is 8.90. The Morgan fingerprint density at radius 2 is 1.07 bits per heavy atom. The van der Waals surface area contributed by atoms with Gasteiger partial charge in [0.15, 0.2) is 18.9 Å². The van der Waals surface area contributed by atoms with E-state index >= 15 is 0 Å². The molecule has 1 aromatic rings. The zero-order valence-electron chi connectivity index (χ0n) is 66.6. The third-order valence-corrected chi connectivity index (χ3v) is 17.7. The lowest BCUT2D eigenvalue weighted by atomic mass is 9.90. The van der Waals surface area contributed by atoms with Crippen LogP contribution in [-0.4, -0.2) is 291 Å². The lowest BCUT2D eigenvalue weighted by Crippen LogP contribution is -2.59. The predicted octanol–water partition coefficient (Wildman–Crippen LogP) is 1.79. The van der Waals surface area contributed by atoms with Gasteiger partial charge in [-0.1, -0.05) is 106 Å². The number of esters is 1. The van der Waals surface area contributed by atoms with Gasteiger partial charge in [-0.3, -0.25) is 33.6 Å². The van der Waals surface area contributed by atoms with E-state index in [1.165, 1.54) is 42.5 Å². The fourth-order valence-electron chi connectivity index (χ4n) is 10.9. The lowest BCUT2D eigenvalue weighted by molar-refractivity contribution is -0.181. The van der Waals surface area contributed by atoms with E-state index in [1.54, 1.807) is 18.9 Å². The van der Waals surface area contributed by atoms with Crippen LogP contribution < -0.4 is 42.5 Å². The highest BCUT2D eigenvalue weighted by Gasteiger charge is 2.43. The van der Waals surface area contributed by atoms with E-state index < -0.39 is 121 Å². The van der Waals surface area contributed by atoms with Crippen molar-refractivity contribution < 1.29 is 126 Å². The van der Waals surface area contributed by atoms with Crippen LogP contribution in [0.1, 0.15) is 146 Å². The van der Waals surface area contributed by atoms with Gasteiger partial charge in [-0.15, -0.1) is 0 Å². The van der Waals surface area contributed by atoms with Crippen molar-refractivity contribution in [1.29, 1.82) is 0 Å². The SMILES string of the molecule is CCC(CO)OC(CO)OC.CCC(CO)OC(COC(=O)NCCC(=O)N[C@@H](C)C(=O)OCCCNC(=O)[C@H](Cc1ccccc1)NC(=O)[C@H](C)[C@@H](OC)[C@@H]1CCCN1C(=O)C[C@@H](OC)[C@@H](NC(=O)[C@@H](NC(=O)[C@@H](NC)C(C)C)C(C)C)[C@@H](C)CC)OC.CCC(CO)OC(COC(=O)NCCC(=O)O)OC. The fourth-order valence-corrected chi connectivity index (χ4v) is 10.9. The standard InChI is InChI=1S/C55H94N8O15.C11H21NO7.C7H16O4/c1-14-35(7)48(62-53(70)47(34(5)6)61-52(69)46(56-10)33(3)4)42(73-11)30-44(66)63-27-19-23-41(63)49(75-13)36(8)50(67)60-40(29-38-21-17-16-18-22-38)51(68)57-25-20-28-76-54(71)37(9)59-43(65)24-26-58-55(72)77-32-45(74-12)78-39(15-2)31-64;1-3-8(6-13)19-10(17-2)7-18-11(16)12-5-4-9(14)15;1-3-6(4-8)11-7(5-9)10-2/h16-18,21-22,33-37,39-42,45-49,56,64H,14-15,19-20,23-32H2,1-13H3,(H,57,68)(H,58,72)(H,59,65)(H,60,67)(H,61,69)(H,62,70);8,10,13H,3-7H2,1-2H3,(H,12,16)(H,14,15);6-9H,3-5H2,1-2H3/t35-,36+,37-,39?,40-,41-,42+,45?,46-,47-,48-,49+;;/m0../s1. The maximum absolute atomic E-state index is 14.3. The van der Waals surface area contributed by atoms with Crippen LogP contribution in [0.2, 0.25) is 0 Å². The first kappa shape index (κ1) is 101. The van der Waals surface area contributed by atoms with Gasteiger partial charge in [-0.25, -0.2) is 14.4 Å². The molecule has 2 rings (SSSR count). The second-order valence-electron chi connectivity index (χ2n) is 26.4. The Kier molecular flexibility index (Phi) is 55.1. The van der Waals surface area contributed by atoms with Crippen molar-refractivity contribution in [2.75, 3.05) is 115 Å². The minimum atomic E-state index is -1.01. The molecule has 0 radical (unpaired) electrons. The maximum Gasteiger partial charge on any atom is 0.407 e. The number of rotatable bonds is 53. The molecular weight excluding hydrogens is 1420 g/mol. The van der Waals surface area contributed by atoms with Crippen molar-refractivity contribution in [3.05, 3.63) is 35.9 Å². The number of likely N-dealkylation sites (tertiary alicyclic amines) is 1. The summed E-state index contributed by atoms with van der Waals surface area (Å²) in [4.78, 5) is 130. The Morgan fingerprint density at radius 1 is 0.556 bits per heavy atom. The maximum atomic E-state index is 14.3. The Bertz CT molecular complexity index is 2670. The second-order valence-corrected chi connectivity index (χ2v) is 26.4. The van der Waals surface area contributed by atoms with Crippen LogP contribution in [-0.2, 0) is 96.9 Å². The molecule has 35 heteroatoms. The minimum Gasteiger partial charge on any atom is -0.481 e. The number of hydrogen-bond acceptors (Lipinski definition) is 26. The van der Waals surface area contributed by atoms with Crippen LogP contribution in [0.4, 0.5) is 9.59 Å². The Morgan fingerprint density at radius 3 is 1.53 bits per heavy atom. The molecule has 1 fully saturated rings. The van der Waals surface area contributed by atoms with Gasteiger partial charge in [0.25, 0.3) is 0 Å². The number of amides is 8. The number of hydrogen-bond donors (Lipinski definition) is 13. The van der Waals surface area contributed by atoms with E-state index in [1.807, 2.05) is 92.6 Å². The quantitative estimate of drug-likeness (QED) is 0.0191. The molecule has 1 aromatic carbocycles. The zero-order valence-corrected chi connectivity index (χ0v) is 66.6. The smallest absolute Gasteiger partial charge is 0.407 e. The molecule has 0 spiro atoms. The van der Waals surface area contributed by atoms with Crippen LogP contribution in [0.5, 0.6) is 0 Å². The number of methoxy groups -OCH3 is 5. The molecule has 0 aliphatic carbocycles. The number of aliphatic hydroxyl groups excluding tert-OH is 4. The van der Waals surface area contributed by atoms with Crippen molar-refractivity contribution in [3.63, 3.8) is 0 Å². The van der Waals surface area contributed by atoms with Crippen LogP contribution in [0.15, 0.2) is 30.3 Å². The number of carbonyl (C=O) groups excluding carboxylic acids is 9. The number of nitrogens with zero attached hydrogens (tertiary/aromatic N) is 1. The molecule has 1 saturated heterocycles. The molecule has 16 atom stereocenters. The van der Waals surface area contributed by atoms with Gasteiger partial charge in [0.2, 0.25) is 35.4 Å². The van der Waals surface area contributed by atoms with Gasteiger partial charge in [0.1, 0.15) is 31.3 Å². The Hall–Kier alpha value is -7.00. The largest absolute Gasteiger partial charge is 0.481 e. The number of nitrogens with one attached hydrogen (secondary N) is 8. The number of benzene rings is 1. The highest BCUT2D eigenvalue weighted by Crippen LogP contribution is 2.29. The highest BCUT2D eigenvalue weighted by atomic mass is 16.7. The first-order valence-corrected chi connectivity index (χ1v) is 37.1. The Balaban J connectivity index is 0.00000314. The zero-order chi connectivity index (χ0) is 81.8. The molecule has 0 bridgehead atoms. The third kappa shape index (κ3) is 40.6. The van der Waals surface area contributed by atoms with Gasteiger partial charge >= 0.3 is 24.1 Å². The van der Waals surface area contributed by atoms with Crippen molar-refractivity contribution in [3.8, 4) is 0 Å². The van der Waals surface area contributed by atoms with Gasteiger partial charge in [0.05, 0.1) is 100 Å². The van der Waals surface area contributed by atoms with Crippen LogP contribution in [0, 0.1) is 23.7 Å². The summed E-state index contributed by atoms with van der Waals surface area (Å²) in [5.41, 5.74) is 0.797. The molecule has 1 heterocycles. The fraction of sp³-hybridized carbons (Fsp3) is 0.781. The number of carbonyl (C=O) groups is 10. The van der Waals surface area contributed by atoms with Crippen molar-refractivity contribution >= 4 is 59.6 Å². The molecular formula is C73H131N9O26. The molecule has 0 aromatic heterocycles. The van der Waals surface area contributed by atoms with E-state index in [2.05, 4.69) is 42.5 Å². The summed E-state index contributed by atoms with van der Waals surface area (Å²) in [5, 5.41) is 66.0. The molecule has 1 aliphatic rings. The number of aliphatic hydroxyl groups is 4. The number of carboxylic acids is 1. The average molecular weight is 1550 g/mol. The second kappa shape index (κ2) is 58.9. The molecule has 1 aliphatic heterocycles. The summed E-state index contributed by atoms with van der Waals surface area (Å²) in [6.07, 6.45) is -2.71. The normalized spacial score (nSPS) is 16.8. The van der Waals surface area contributed by atoms with Gasteiger partial charge in [-0.2, -0.15) is 0 Å². The monoisotopic (exact) mass is 1550 g/mol. The summed E-state index contributed by atoms with van der Waals surface area (Å²) < 4.78 is 57.9. The highest BCUT2D eigenvalue weighted by molar-refractivity contribution is 5.91. The van der Waals surface area contributed by atoms with Crippen LogP contribution in [0.3, 0.4) is 0 Å². The topological polar surface area (TPSA) is 473 Å². The number of alkyl carbamates (subject to hydrolysis) is 2. The molecule has 6 unspecified atom stereocenters. The number of aliphatic carboxylic acids is 1. The molecule has 624 valence electrons. The number of ether oxygens (including phenoxy) is 11. The van der Waals surface area contributed by atoms with Gasteiger partial charge in [-0.05, 0) is 75.8 Å². The van der Waals surface area contributed by atoms with Crippen molar-refractivity contribution in [1.82, 2.24) is 47.4 Å². The van der Waals surface area contributed by atoms with Gasteiger partial charge in [0, 0.05) is 74.6 Å². The van der Waals surface area contributed by atoms with Crippen molar-refractivity contribution in [2.24, 2.45) is 23.7 Å². The summed E-state index contributed by atoms with van der Waals surface area (Å²) in [5.74, 6) is -5.22. The number of carboxylic acid groups (broad SMARTS) is 1. The number of likely N-dealkylation sites (N-methyl/N-ethyl adjacent to an activating group) is 1.